The van der Waals surface area contributed by atoms with E-state index in [0.29, 0.717) is 0 Å². The minimum absolute atomic E-state index is 1.03. The van der Waals surface area contributed by atoms with Crippen molar-refractivity contribution >= 4 is 28.2 Å². The molecule has 0 saturated heterocycles. The van der Waals surface area contributed by atoms with Crippen LogP contribution in [0.1, 0.15) is 49.8 Å². The zero-order valence-corrected chi connectivity index (χ0v) is 14.3. The third-order valence-electron chi connectivity index (χ3n) is 4.43. The van der Waals surface area contributed by atoms with Crippen molar-refractivity contribution in [1.29, 1.82) is 0 Å². The maximum absolute atomic E-state index is 4.56. The van der Waals surface area contributed by atoms with Crippen LogP contribution in [0.15, 0.2) is 43.2 Å². The molecule has 0 N–H and O–H groups in total. The van der Waals surface area contributed by atoms with Gasteiger partial charge in [-0.15, -0.1) is 0 Å². The molecular formula is C21H24N2. The molecule has 0 saturated carbocycles. The van der Waals surface area contributed by atoms with E-state index in [1.54, 1.807) is 0 Å². The Kier molecular flexibility index (Phi) is 4.33. The largest absolute Gasteiger partial charge is 0.299 e. The van der Waals surface area contributed by atoms with Gasteiger partial charge in [0.1, 0.15) is 5.65 Å². The highest BCUT2D eigenvalue weighted by Crippen LogP contribution is 2.30. The number of hydrogen-bond donors (Lipinski definition) is 0. The molecule has 0 atom stereocenters. The molecule has 2 heteroatoms. The summed E-state index contributed by atoms with van der Waals surface area (Å²) in [6.07, 6.45) is 11.5. The summed E-state index contributed by atoms with van der Waals surface area (Å²) in [5.41, 5.74) is 7.19. The van der Waals surface area contributed by atoms with Gasteiger partial charge in [-0.3, -0.25) is 4.40 Å². The third-order valence-corrected chi connectivity index (χ3v) is 4.43. The van der Waals surface area contributed by atoms with Crippen molar-refractivity contribution in [2.45, 2.75) is 40.0 Å². The van der Waals surface area contributed by atoms with E-state index in [0.717, 1.165) is 24.9 Å². The molecule has 118 valence electrons. The van der Waals surface area contributed by atoms with E-state index >= 15 is 0 Å². The first kappa shape index (κ1) is 15.5. The van der Waals surface area contributed by atoms with Crippen molar-refractivity contribution in [3.8, 4) is 0 Å². The van der Waals surface area contributed by atoms with Crippen LogP contribution >= 0.6 is 0 Å². The molecule has 0 aliphatic heterocycles. The molecule has 0 aliphatic rings. The minimum Gasteiger partial charge on any atom is -0.299 e. The molecule has 2 heterocycles. The van der Waals surface area contributed by atoms with Gasteiger partial charge < -0.3 is 0 Å². The average Bonchev–Trinajstić information content (AvgIpc) is 3.04. The number of imidazole rings is 1. The number of hydrogen-bond acceptors (Lipinski definition) is 1. The summed E-state index contributed by atoms with van der Waals surface area (Å²) in [7, 11) is 0. The van der Waals surface area contributed by atoms with E-state index in [1.807, 2.05) is 12.4 Å². The van der Waals surface area contributed by atoms with E-state index in [1.165, 1.54) is 33.2 Å². The topological polar surface area (TPSA) is 17.3 Å². The Balaban J connectivity index is 2.30. The Labute approximate surface area is 138 Å². The Morgan fingerprint density at radius 1 is 1.30 bits per heavy atom. The molecule has 0 amide bonds. The quantitative estimate of drug-likeness (QED) is 0.562. The third kappa shape index (κ3) is 2.70. The number of aryl methyl sites for hydroxylation is 1. The number of benzene rings is 1. The molecule has 23 heavy (non-hydrogen) atoms. The number of pyridine rings is 1. The molecule has 0 radical (unpaired) electrons. The normalized spacial score (nSPS) is 11.8. The molecule has 1 aromatic carbocycles. The maximum Gasteiger partial charge on any atom is 0.144 e. The standard InChI is InChI=1S/C21H24N2/c1-5-7-9-18-16(4)19-14-17(15(3)8-6-2)10-11-20(19)23-13-12-22-21(18)23/h7,9-14H,3,5-6,8H2,1-2,4H3/b9-7-. The van der Waals surface area contributed by atoms with Gasteiger partial charge in [-0.2, -0.15) is 0 Å². The number of nitrogens with zero attached hydrogens (tertiary/aromatic N) is 2. The second-order valence-corrected chi connectivity index (χ2v) is 6.06. The second-order valence-electron chi connectivity index (χ2n) is 6.06. The summed E-state index contributed by atoms with van der Waals surface area (Å²) in [4.78, 5) is 4.56. The van der Waals surface area contributed by atoms with Crippen molar-refractivity contribution in [3.05, 3.63) is 59.9 Å². The summed E-state index contributed by atoms with van der Waals surface area (Å²) in [5, 5.41) is 1.28. The van der Waals surface area contributed by atoms with Crippen LogP contribution in [0.25, 0.3) is 28.2 Å². The number of rotatable bonds is 5. The van der Waals surface area contributed by atoms with Crippen LogP contribution in [-0.4, -0.2) is 9.38 Å². The van der Waals surface area contributed by atoms with Gasteiger partial charge in [0, 0.05) is 23.3 Å². The molecule has 0 bridgehead atoms. The van der Waals surface area contributed by atoms with Crippen LogP contribution < -0.4 is 0 Å². The molecule has 3 aromatic rings. The first-order valence-corrected chi connectivity index (χ1v) is 8.41. The highest BCUT2D eigenvalue weighted by atomic mass is 15.0. The van der Waals surface area contributed by atoms with Gasteiger partial charge in [-0.1, -0.05) is 45.1 Å². The predicted molar refractivity (Wildman–Crippen MR) is 101 cm³/mol. The highest BCUT2D eigenvalue weighted by molar-refractivity contribution is 5.92. The molecule has 0 unspecified atom stereocenters. The zero-order valence-electron chi connectivity index (χ0n) is 14.3. The minimum atomic E-state index is 1.03. The van der Waals surface area contributed by atoms with Crippen molar-refractivity contribution in [3.63, 3.8) is 0 Å². The molecule has 0 aliphatic carbocycles. The Morgan fingerprint density at radius 2 is 2.13 bits per heavy atom. The summed E-state index contributed by atoms with van der Waals surface area (Å²) in [6.45, 7) is 10.8. The monoisotopic (exact) mass is 304 g/mol. The number of aromatic nitrogens is 2. The molecule has 3 rings (SSSR count). The maximum atomic E-state index is 4.56. The van der Waals surface area contributed by atoms with Crippen LogP contribution in [0.2, 0.25) is 0 Å². The van der Waals surface area contributed by atoms with E-state index in [4.69, 9.17) is 0 Å². The lowest BCUT2D eigenvalue weighted by atomic mass is 9.97. The number of allylic oxidation sites excluding steroid dienone is 2. The van der Waals surface area contributed by atoms with Gasteiger partial charge in [0.15, 0.2) is 0 Å². The molecule has 0 spiro atoms. The van der Waals surface area contributed by atoms with Crippen LogP contribution in [0.4, 0.5) is 0 Å². The van der Waals surface area contributed by atoms with Crippen LogP contribution in [-0.2, 0) is 0 Å². The Morgan fingerprint density at radius 3 is 2.87 bits per heavy atom. The first-order valence-electron chi connectivity index (χ1n) is 8.41. The Bertz CT molecular complexity index is 897. The predicted octanol–water partition coefficient (Wildman–Crippen LogP) is 6.03. The van der Waals surface area contributed by atoms with Gasteiger partial charge >= 0.3 is 0 Å². The molecule has 0 fully saturated rings. The first-order chi connectivity index (χ1) is 11.2. The van der Waals surface area contributed by atoms with E-state index in [-0.39, 0.29) is 0 Å². The highest BCUT2D eigenvalue weighted by Gasteiger charge is 2.11. The second kappa shape index (κ2) is 6.41. The summed E-state index contributed by atoms with van der Waals surface area (Å²) >= 11 is 0. The molecule has 2 nitrogen and oxygen atoms in total. The summed E-state index contributed by atoms with van der Waals surface area (Å²) < 4.78 is 2.18. The van der Waals surface area contributed by atoms with Gasteiger partial charge in [0.2, 0.25) is 0 Å². The van der Waals surface area contributed by atoms with Crippen LogP contribution in [0.3, 0.4) is 0 Å². The lowest BCUT2D eigenvalue weighted by Crippen LogP contribution is -1.96. The Hall–Kier alpha value is -2.35. The fourth-order valence-electron chi connectivity index (χ4n) is 3.16. The molecule has 2 aromatic heterocycles. The van der Waals surface area contributed by atoms with E-state index in [2.05, 4.69) is 67.1 Å². The lowest BCUT2D eigenvalue weighted by molar-refractivity contribution is 0.975. The average molecular weight is 304 g/mol. The van der Waals surface area contributed by atoms with Crippen molar-refractivity contribution in [1.82, 2.24) is 9.38 Å². The fourth-order valence-corrected chi connectivity index (χ4v) is 3.16. The van der Waals surface area contributed by atoms with Crippen molar-refractivity contribution in [2.75, 3.05) is 0 Å². The van der Waals surface area contributed by atoms with E-state index < -0.39 is 0 Å². The smallest absolute Gasteiger partial charge is 0.144 e. The number of fused-ring (bicyclic) bond motifs is 3. The van der Waals surface area contributed by atoms with Gasteiger partial charge in [-0.05, 0) is 48.6 Å². The van der Waals surface area contributed by atoms with Gasteiger partial charge in [0.25, 0.3) is 0 Å². The molecular weight excluding hydrogens is 280 g/mol. The SMILES string of the molecule is C=C(CCC)c1ccc2c(c1)c(C)c(/C=C\CC)c1nccn12. The zero-order chi connectivity index (χ0) is 16.4. The van der Waals surface area contributed by atoms with Crippen LogP contribution in [0, 0.1) is 6.92 Å². The van der Waals surface area contributed by atoms with Crippen molar-refractivity contribution in [2.24, 2.45) is 0 Å². The summed E-state index contributed by atoms with van der Waals surface area (Å²) in [5.74, 6) is 0. The lowest BCUT2D eigenvalue weighted by Gasteiger charge is -2.13. The van der Waals surface area contributed by atoms with Gasteiger partial charge in [0.05, 0.1) is 5.52 Å². The summed E-state index contributed by atoms with van der Waals surface area (Å²) in [6, 6.07) is 6.66. The fraction of sp³-hybridized carbons (Fsp3) is 0.286. The van der Waals surface area contributed by atoms with Gasteiger partial charge in [-0.25, -0.2) is 4.98 Å². The van der Waals surface area contributed by atoms with E-state index in [9.17, 15) is 0 Å². The van der Waals surface area contributed by atoms with Crippen LogP contribution in [0.5, 0.6) is 0 Å². The van der Waals surface area contributed by atoms with Crippen molar-refractivity contribution < 1.29 is 0 Å².